The zero-order chi connectivity index (χ0) is 16.8. The van der Waals surface area contributed by atoms with Crippen LogP contribution in [0, 0.1) is 0 Å². The number of methoxy groups -OCH3 is 1. The van der Waals surface area contributed by atoms with Gasteiger partial charge in [0.05, 0.1) is 31.2 Å². The molecule has 0 spiro atoms. The summed E-state index contributed by atoms with van der Waals surface area (Å²) in [5.41, 5.74) is 0.754. The van der Waals surface area contributed by atoms with Gasteiger partial charge >= 0.3 is 0 Å². The molecule has 124 valence electrons. The van der Waals surface area contributed by atoms with Crippen molar-refractivity contribution < 1.29 is 9.53 Å². The molecule has 23 heavy (non-hydrogen) atoms. The minimum absolute atomic E-state index is 0.133. The van der Waals surface area contributed by atoms with E-state index in [1.165, 1.54) is 0 Å². The van der Waals surface area contributed by atoms with Crippen LogP contribution in [-0.2, 0) is 4.79 Å². The lowest BCUT2D eigenvalue weighted by Gasteiger charge is -2.18. The Kier molecular flexibility index (Phi) is 5.56. The fourth-order valence-electron chi connectivity index (χ4n) is 2.07. The van der Waals surface area contributed by atoms with Gasteiger partial charge < -0.3 is 15.4 Å². The summed E-state index contributed by atoms with van der Waals surface area (Å²) < 4.78 is 6.83. The summed E-state index contributed by atoms with van der Waals surface area (Å²) >= 11 is 0. The van der Waals surface area contributed by atoms with E-state index in [4.69, 9.17) is 4.74 Å². The monoisotopic (exact) mass is 317 g/mol. The summed E-state index contributed by atoms with van der Waals surface area (Å²) in [7, 11) is 1.56. The Morgan fingerprint density at radius 1 is 1.35 bits per heavy atom. The zero-order valence-electron chi connectivity index (χ0n) is 13.9. The lowest BCUT2D eigenvalue weighted by molar-refractivity contribution is -0.116. The third-order valence-electron chi connectivity index (χ3n) is 3.65. The first-order valence-corrected chi connectivity index (χ1v) is 7.66. The number of anilines is 2. The van der Waals surface area contributed by atoms with E-state index in [0.29, 0.717) is 11.7 Å². The number of carbonyl (C=O) groups excluding carboxylic acids is 1. The smallest absolute Gasteiger partial charge is 0.247 e. The lowest BCUT2D eigenvalue weighted by Crippen LogP contribution is -2.32. The zero-order valence-corrected chi connectivity index (χ0v) is 13.9. The molecule has 2 aromatic rings. The van der Waals surface area contributed by atoms with Crippen LogP contribution in [0.5, 0.6) is 5.88 Å². The molecule has 0 unspecified atom stereocenters. The molecule has 0 aliphatic carbocycles. The highest BCUT2D eigenvalue weighted by molar-refractivity contribution is 5.95. The van der Waals surface area contributed by atoms with E-state index in [1.807, 2.05) is 10.7 Å². The topological polar surface area (TPSA) is 81.1 Å². The summed E-state index contributed by atoms with van der Waals surface area (Å²) in [5.74, 6) is 1.10. The molecule has 0 aromatic carbocycles. The Morgan fingerprint density at radius 3 is 2.74 bits per heavy atom. The molecule has 2 atom stereocenters. The van der Waals surface area contributed by atoms with Crippen LogP contribution < -0.4 is 15.4 Å². The van der Waals surface area contributed by atoms with Crippen molar-refractivity contribution in [3.63, 3.8) is 0 Å². The van der Waals surface area contributed by atoms with Crippen molar-refractivity contribution in [3.05, 3.63) is 30.6 Å². The largest absolute Gasteiger partial charge is 0.481 e. The molecule has 2 N–H and O–H groups in total. The SMILES string of the molecule is CC[C@@H](C)n1nccc1NC(=O)[C@@H](C)Nc1ccc(OC)nc1. The molecule has 0 aliphatic heterocycles. The van der Waals surface area contributed by atoms with E-state index in [9.17, 15) is 4.79 Å². The Hall–Kier alpha value is -2.57. The van der Waals surface area contributed by atoms with Crippen LogP contribution in [0.1, 0.15) is 33.2 Å². The van der Waals surface area contributed by atoms with Crippen LogP contribution in [0.3, 0.4) is 0 Å². The number of pyridine rings is 1. The number of hydrogen-bond acceptors (Lipinski definition) is 5. The minimum atomic E-state index is -0.412. The van der Waals surface area contributed by atoms with Gasteiger partial charge in [-0.2, -0.15) is 5.10 Å². The molecule has 7 heteroatoms. The third-order valence-corrected chi connectivity index (χ3v) is 3.65. The second-order valence-electron chi connectivity index (χ2n) is 5.36. The number of hydrogen-bond donors (Lipinski definition) is 2. The van der Waals surface area contributed by atoms with Gasteiger partial charge in [-0.3, -0.25) is 4.79 Å². The minimum Gasteiger partial charge on any atom is -0.481 e. The van der Waals surface area contributed by atoms with Crippen LogP contribution in [0.15, 0.2) is 30.6 Å². The Labute approximate surface area is 136 Å². The molecule has 0 fully saturated rings. The molecule has 7 nitrogen and oxygen atoms in total. The number of carbonyl (C=O) groups is 1. The van der Waals surface area contributed by atoms with Crippen molar-refractivity contribution in [1.82, 2.24) is 14.8 Å². The van der Waals surface area contributed by atoms with Crippen LogP contribution in [0.4, 0.5) is 11.5 Å². The lowest BCUT2D eigenvalue weighted by atomic mass is 10.2. The number of nitrogens with zero attached hydrogens (tertiary/aromatic N) is 3. The van der Waals surface area contributed by atoms with Crippen molar-refractivity contribution in [3.8, 4) is 5.88 Å². The van der Waals surface area contributed by atoms with E-state index in [1.54, 1.807) is 38.6 Å². The van der Waals surface area contributed by atoms with Crippen LogP contribution in [-0.4, -0.2) is 33.8 Å². The maximum absolute atomic E-state index is 12.3. The van der Waals surface area contributed by atoms with Crippen LogP contribution in [0.25, 0.3) is 0 Å². The quantitative estimate of drug-likeness (QED) is 0.820. The summed E-state index contributed by atoms with van der Waals surface area (Å²) in [6, 6.07) is 5.18. The average molecular weight is 317 g/mol. The first-order valence-electron chi connectivity index (χ1n) is 7.66. The number of amides is 1. The number of aromatic nitrogens is 3. The Bertz CT molecular complexity index is 638. The second kappa shape index (κ2) is 7.62. The molecule has 2 aromatic heterocycles. The fraction of sp³-hybridized carbons (Fsp3) is 0.438. The normalized spacial score (nSPS) is 13.2. The van der Waals surface area contributed by atoms with Gasteiger partial charge in [-0.05, 0) is 26.3 Å². The standard InChI is InChI=1S/C16H23N5O2/c1-5-11(2)21-14(8-9-18-21)20-16(22)12(3)19-13-6-7-15(23-4)17-10-13/h6-12,19H,5H2,1-4H3,(H,20,22)/t11-,12-/m1/s1. The molecule has 0 aliphatic rings. The fourth-order valence-corrected chi connectivity index (χ4v) is 2.07. The molecule has 0 radical (unpaired) electrons. The highest BCUT2D eigenvalue weighted by Crippen LogP contribution is 2.17. The van der Waals surface area contributed by atoms with Gasteiger partial charge in [-0.1, -0.05) is 6.92 Å². The molecule has 0 bridgehead atoms. The van der Waals surface area contributed by atoms with Gasteiger partial charge in [0.25, 0.3) is 0 Å². The van der Waals surface area contributed by atoms with Crippen LogP contribution >= 0.6 is 0 Å². The van der Waals surface area contributed by atoms with E-state index >= 15 is 0 Å². The van der Waals surface area contributed by atoms with Crippen molar-refractivity contribution in [2.75, 3.05) is 17.7 Å². The Morgan fingerprint density at radius 2 is 2.13 bits per heavy atom. The van der Waals surface area contributed by atoms with E-state index in [-0.39, 0.29) is 11.9 Å². The van der Waals surface area contributed by atoms with Crippen molar-refractivity contribution in [1.29, 1.82) is 0 Å². The molecule has 2 heterocycles. The maximum atomic E-state index is 12.3. The van der Waals surface area contributed by atoms with E-state index < -0.39 is 6.04 Å². The van der Waals surface area contributed by atoms with Crippen molar-refractivity contribution in [2.45, 2.75) is 39.3 Å². The molecular weight excluding hydrogens is 294 g/mol. The Balaban J connectivity index is 1.98. The van der Waals surface area contributed by atoms with E-state index in [0.717, 1.165) is 12.1 Å². The maximum Gasteiger partial charge on any atom is 0.247 e. The molecular formula is C16H23N5O2. The van der Waals surface area contributed by atoms with Crippen molar-refractivity contribution >= 4 is 17.4 Å². The summed E-state index contributed by atoms with van der Waals surface area (Å²) in [5, 5.41) is 10.3. The summed E-state index contributed by atoms with van der Waals surface area (Å²) in [6.45, 7) is 5.94. The molecule has 0 saturated carbocycles. The van der Waals surface area contributed by atoms with Crippen LogP contribution in [0.2, 0.25) is 0 Å². The predicted octanol–water partition coefficient (Wildman–Crippen LogP) is 2.70. The number of ether oxygens (including phenoxy) is 1. The highest BCUT2D eigenvalue weighted by atomic mass is 16.5. The molecule has 1 amide bonds. The van der Waals surface area contributed by atoms with Gasteiger partial charge in [0.2, 0.25) is 11.8 Å². The predicted molar refractivity (Wildman–Crippen MR) is 89.7 cm³/mol. The number of rotatable bonds is 7. The van der Waals surface area contributed by atoms with Crippen molar-refractivity contribution in [2.24, 2.45) is 0 Å². The number of nitrogens with one attached hydrogen (secondary N) is 2. The molecule has 2 rings (SSSR count). The van der Waals surface area contributed by atoms with Gasteiger partial charge in [0.15, 0.2) is 0 Å². The van der Waals surface area contributed by atoms with Gasteiger partial charge in [-0.25, -0.2) is 9.67 Å². The van der Waals surface area contributed by atoms with E-state index in [2.05, 4.69) is 34.6 Å². The summed E-state index contributed by atoms with van der Waals surface area (Å²) in [4.78, 5) is 16.4. The summed E-state index contributed by atoms with van der Waals surface area (Å²) in [6.07, 6.45) is 4.26. The highest BCUT2D eigenvalue weighted by Gasteiger charge is 2.16. The first kappa shape index (κ1) is 16.8. The molecule has 0 saturated heterocycles. The third kappa shape index (κ3) is 4.21. The second-order valence-corrected chi connectivity index (χ2v) is 5.36. The van der Waals surface area contributed by atoms with Gasteiger partial charge in [-0.15, -0.1) is 0 Å². The average Bonchev–Trinajstić information content (AvgIpc) is 3.02. The van der Waals surface area contributed by atoms with Gasteiger partial charge in [0.1, 0.15) is 11.9 Å². The van der Waals surface area contributed by atoms with Gasteiger partial charge in [0, 0.05) is 12.1 Å². The first-order chi connectivity index (χ1) is 11.0.